The standard InChI is InChI=1S/C23H19FN2O4/c1-30-20-13-8-18(9-14-20)23(17-6-11-19(24)12-7-17)25-22(27)15-10-16-4-2-3-5-21(16)26(28)29/h2-15,23H,1H3,(H,25,27). The van der Waals surface area contributed by atoms with E-state index in [2.05, 4.69) is 5.32 Å². The minimum Gasteiger partial charge on any atom is -0.497 e. The third-order valence-corrected chi connectivity index (χ3v) is 4.49. The highest BCUT2D eigenvalue weighted by molar-refractivity contribution is 5.92. The maximum Gasteiger partial charge on any atom is 0.276 e. The van der Waals surface area contributed by atoms with Crippen molar-refractivity contribution in [2.24, 2.45) is 0 Å². The van der Waals surface area contributed by atoms with E-state index in [1.165, 1.54) is 30.4 Å². The topological polar surface area (TPSA) is 81.5 Å². The number of carbonyl (C=O) groups excluding carboxylic acids is 1. The van der Waals surface area contributed by atoms with Gasteiger partial charge in [-0.3, -0.25) is 14.9 Å². The monoisotopic (exact) mass is 406 g/mol. The van der Waals surface area contributed by atoms with Gasteiger partial charge in [-0.2, -0.15) is 0 Å². The van der Waals surface area contributed by atoms with E-state index in [1.807, 2.05) is 0 Å². The van der Waals surface area contributed by atoms with Crippen LogP contribution in [0.1, 0.15) is 22.7 Å². The van der Waals surface area contributed by atoms with Crippen molar-refractivity contribution in [3.05, 3.63) is 111 Å². The van der Waals surface area contributed by atoms with E-state index >= 15 is 0 Å². The number of hydrogen-bond donors (Lipinski definition) is 1. The first-order valence-corrected chi connectivity index (χ1v) is 9.09. The maximum absolute atomic E-state index is 13.4. The van der Waals surface area contributed by atoms with Crippen molar-refractivity contribution in [1.82, 2.24) is 5.32 Å². The van der Waals surface area contributed by atoms with E-state index < -0.39 is 16.9 Å². The van der Waals surface area contributed by atoms with E-state index in [0.717, 1.165) is 5.56 Å². The van der Waals surface area contributed by atoms with Gasteiger partial charge in [-0.05, 0) is 47.5 Å². The number of nitrogens with zero attached hydrogens (tertiary/aromatic N) is 1. The first-order chi connectivity index (χ1) is 14.5. The van der Waals surface area contributed by atoms with Crippen molar-refractivity contribution in [3.63, 3.8) is 0 Å². The first-order valence-electron chi connectivity index (χ1n) is 9.09. The third kappa shape index (κ3) is 5.08. The Balaban J connectivity index is 1.86. The number of halogens is 1. The second kappa shape index (κ2) is 9.47. The summed E-state index contributed by atoms with van der Waals surface area (Å²) in [6, 6.07) is 18.6. The predicted octanol–water partition coefficient (Wildman–Crippen LogP) is 4.66. The Bertz CT molecular complexity index is 1060. The van der Waals surface area contributed by atoms with Gasteiger partial charge in [0.05, 0.1) is 23.6 Å². The normalized spacial score (nSPS) is 11.8. The van der Waals surface area contributed by atoms with Crippen LogP contribution in [0.4, 0.5) is 10.1 Å². The molecule has 0 aliphatic heterocycles. The fourth-order valence-electron chi connectivity index (χ4n) is 2.96. The number of para-hydroxylation sites is 1. The minimum absolute atomic E-state index is 0.0909. The van der Waals surface area contributed by atoms with Gasteiger partial charge in [0.1, 0.15) is 11.6 Å². The summed E-state index contributed by atoms with van der Waals surface area (Å²) in [4.78, 5) is 23.2. The summed E-state index contributed by atoms with van der Waals surface area (Å²) >= 11 is 0. The predicted molar refractivity (Wildman–Crippen MR) is 112 cm³/mol. The number of methoxy groups -OCH3 is 1. The molecule has 3 aromatic rings. The molecule has 30 heavy (non-hydrogen) atoms. The van der Waals surface area contributed by atoms with Gasteiger partial charge in [-0.15, -0.1) is 0 Å². The van der Waals surface area contributed by atoms with Gasteiger partial charge in [0.25, 0.3) is 5.69 Å². The van der Waals surface area contributed by atoms with E-state index in [4.69, 9.17) is 4.74 Å². The van der Waals surface area contributed by atoms with Gasteiger partial charge >= 0.3 is 0 Å². The lowest BCUT2D eigenvalue weighted by Gasteiger charge is -2.19. The molecule has 3 aromatic carbocycles. The molecule has 1 atom stereocenters. The van der Waals surface area contributed by atoms with E-state index in [1.54, 1.807) is 61.7 Å². The Labute approximate surface area is 172 Å². The lowest BCUT2D eigenvalue weighted by Crippen LogP contribution is -2.27. The van der Waals surface area contributed by atoms with Crippen LogP contribution in [0.2, 0.25) is 0 Å². The number of amides is 1. The molecule has 0 aliphatic carbocycles. The summed E-state index contributed by atoms with van der Waals surface area (Å²) in [5.74, 6) is -0.160. The molecule has 0 saturated carbocycles. The lowest BCUT2D eigenvalue weighted by atomic mass is 9.98. The molecule has 0 aromatic heterocycles. The molecule has 0 fully saturated rings. The fraction of sp³-hybridized carbons (Fsp3) is 0.0870. The van der Waals surface area contributed by atoms with E-state index in [-0.39, 0.29) is 11.5 Å². The van der Waals surface area contributed by atoms with Crippen LogP contribution in [0, 0.1) is 15.9 Å². The molecule has 0 spiro atoms. The molecule has 6 nitrogen and oxygen atoms in total. The van der Waals surface area contributed by atoms with Crippen LogP contribution in [-0.4, -0.2) is 17.9 Å². The number of benzene rings is 3. The van der Waals surface area contributed by atoms with Crippen LogP contribution >= 0.6 is 0 Å². The molecular weight excluding hydrogens is 387 g/mol. The van der Waals surface area contributed by atoms with Gasteiger partial charge in [0, 0.05) is 12.1 Å². The van der Waals surface area contributed by atoms with Crippen molar-refractivity contribution in [2.75, 3.05) is 7.11 Å². The fourth-order valence-corrected chi connectivity index (χ4v) is 2.96. The van der Waals surface area contributed by atoms with Crippen LogP contribution in [0.15, 0.2) is 78.9 Å². The number of nitro benzene ring substituents is 1. The quantitative estimate of drug-likeness (QED) is 0.351. The van der Waals surface area contributed by atoms with Crippen molar-refractivity contribution in [1.29, 1.82) is 0 Å². The number of hydrogen-bond acceptors (Lipinski definition) is 4. The molecule has 1 amide bonds. The highest BCUT2D eigenvalue weighted by Crippen LogP contribution is 2.25. The summed E-state index contributed by atoms with van der Waals surface area (Å²) in [6.07, 6.45) is 2.63. The summed E-state index contributed by atoms with van der Waals surface area (Å²) in [6.45, 7) is 0. The molecule has 0 heterocycles. The first kappa shape index (κ1) is 20.7. The number of ether oxygens (including phenoxy) is 1. The average Bonchev–Trinajstić information content (AvgIpc) is 2.77. The minimum atomic E-state index is -0.542. The van der Waals surface area contributed by atoms with Crippen LogP contribution in [-0.2, 0) is 4.79 Å². The smallest absolute Gasteiger partial charge is 0.276 e. The second-order valence-corrected chi connectivity index (χ2v) is 6.42. The van der Waals surface area contributed by atoms with Gasteiger partial charge in [0.2, 0.25) is 5.91 Å². The van der Waals surface area contributed by atoms with Crippen LogP contribution in [0.25, 0.3) is 6.08 Å². The van der Waals surface area contributed by atoms with E-state index in [9.17, 15) is 19.3 Å². The van der Waals surface area contributed by atoms with Crippen LogP contribution < -0.4 is 10.1 Å². The molecule has 1 N–H and O–H groups in total. The summed E-state index contributed by atoms with van der Waals surface area (Å²) in [7, 11) is 1.56. The van der Waals surface area contributed by atoms with Gasteiger partial charge in [-0.25, -0.2) is 4.39 Å². The van der Waals surface area contributed by atoms with Gasteiger partial charge in [-0.1, -0.05) is 36.4 Å². The zero-order valence-electron chi connectivity index (χ0n) is 16.1. The Hall–Kier alpha value is -4.00. The zero-order chi connectivity index (χ0) is 21.5. The molecule has 0 radical (unpaired) electrons. The van der Waals surface area contributed by atoms with Gasteiger partial charge < -0.3 is 10.1 Å². The Kier molecular flexibility index (Phi) is 6.54. The van der Waals surface area contributed by atoms with Gasteiger partial charge in [0.15, 0.2) is 0 Å². The van der Waals surface area contributed by atoms with Crippen molar-refractivity contribution in [3.8, 4) is 5.75 Å². The molecular formula is C23H19FN2O4. The zero-order valence-corrected chi connectivity index (χ0v) is 16.1. The number of nitrogens with one attached hydrogen (secondary N) is 1. The van der Waals surface area contributed by atoms with Crippen LogP contribution in [0.5, 0.6) is 5.75 Å². The molecule has 7 heteroatoms. The number of rotatable bonds is 7. The van der Waals surface area contributed by atoms with Crippen LogP contribution in [0.3, 0.4) is 0 Å². The van der Waals surface area contributed by atoms with Crippen molar-refractivity contribution < 1.29 is 18.8 Å². The summed E-state index contributed by atoms with van der Waals surface area (Å²) < 4.78 is 18.5. The number of nitro groups is 1. The average molecular weight is 406 g/mol. The Morgan fingerprint density at radius 2 is 1.63 bits per heavy atom. The maximum atomic E-state index is 13.4. The summed E-state index contributed by atoms with van der Waals surface area (Å²) in [5, 5.41) is 14.0. The Morgan fingerprint density at radius 3 is 2.23 bits per heavy atom. The molecule has 3 rings (SSSR count). The lowest BCUT2D eigenvalue weighted by molar-refractivity contribution is -0.385. The SMILES string of the molecule is COc1ccc(C(NC(=O)C=Cc2ccccc2[N+](=O)[O-])c2ccc(F)cc2)cc1. The number of carbonyl (C=O) groups is 1. The summed E-state index contributed by atoms with van der Waals surface area (Å²) in [5.41, 5.74) is 1.69. The molecule has 0 aliphatic rings. The highest BCUT2D eigenvalue weighted by atomic mass is 19.1. The molecule has 1 unspecified atom stereocenters. The highest BCUT2D eigenvalue weighted by Gasteiger charge is 2.17. The molecule has 0 bridgehead atoms. The molecule has 0 saturated heterocycles. The van der Waals surface area contributed by atoms with Crippen molar-refractivity contribution >= 4 is 17.7 Å². The molecule has 152 valence electrons. The second-order valence-electron chi connectivity index (χ2n) is 6.42. The largest absolute Gasteiger partial charge is 0.497 e. The Morgan fingerprint density at radius 1 is 1.03 bits per heavy atom. The van der Waals surface area contributed by atoms with E-state index in [0.29, 0.717) is 16.9 Å². The van der Waals surface area contributed by atoms with Crippen molar-refractivity contribution in [2.45, 2.75) is 6.04 Å². The third-order valence-electron chi connectivity index (χ3n) is 4.49.